The van der Waals surface area contributed by atoms with Crippen molar-refractivity contribution in [1.82, 2.24) is 4.90 Å². The van der Waals surface area contributed by atoms with E-state index < -0.39 is 17.9 Å². The van der Waals surface area contributed by atoms with Gasteiger partial charge < -0.3 is 14.4 Å². The van der Waals surface area contributed by atoms with Crippen molar-refractivity contribution in [2.24, 2.45) is 0 Å². The predicted molar refractivity (Wildman–Crippen MR) is 43.4 cm³/mol. The zero-order valence-electron chi connectivity index (χ0n) is 8.17. The molecule has 1 aliphatic heterocycles. The Bertz CT molecular complexity index is 279. The van der Waals surface area contributed by atoms with Crippen LogP contribution in [0.5, 0.6) is 0 Å². The first-order chi connectivity index (χ1) is 6.75. The van der Waals surface area contributed by atoms with E-state index in [0.717, 1.165) is 7.05 Å². The maximum atomic E-state index is 12.0. The van der Waals surface area contributed by atoms with Crippen LogP contribution in [-0.2, 0) is 14.3 Å². The van der Waals surface area contributed by atoms with E-state index in [1.54, 1.807) is 0 Å². The highest BCUT2D eigenvalue weighted by molar-refractivity contribution is 5.81. The number of alkyl halides is 3. The molecule has 1 aliphatic rings. The van der Waals surface area contributed by atoms with Gasteiger partial charge in [0.15, 0.2) is 0 Å². The highest BCUT2D eigenvalue weighted by atomic mass is 19.4. The topological polar surface area (TPSA) is 38.8 Å². The summed E-state index contributed by atoms with van der Waals surface area (Å²) in [7, 11) is 1.03. The van der Waals surface area contributed by atoms with Crippen molar-refractivity contribution >= 4 is 5.91 Å². The first-order valence-corrected chi connectivity index (χ1v) is 4.07. The number of rotatable bonds is 2. The number of hydrogen-bond donors (Lipinski definition) is 0. The molecule has 15 heavy (non-hydrogen) atoms. The molecular weight excluding hydrogens is 215 g/mol. The standard InChI is InChI=1S/C8H10F3NO3/c1-7(14-3-4-15-7)5-12(2)6(13)8(9,10)11/h3-4H,5H2,1-2H3. The van der Waals surface area contributed by atoms with E-state index in [1.165, 1.54) is 19.4 Å². The van der Waals surface area contributed by atoms with Gasteiger partial charge >= 0.3 is 12.1 Å². The summed E-state index contributed by atoms with van der Waals surface area (Å²) in [6.45, 7) is 1.13. The molecule has 0 saturated heterocycles. The molecule has 86 valence electrons. The number of carbonyl (C=O) groups is 1. The third kappa shape index (κ3) is 2.77. The molecule has 0 aromatic rings. The summed E-state index contributed by atoms with van der Waals surface area (Å²) in [5.74, 6) is -3.17. The van der Waals surface area contributed by atoms with Crippen LogP contribution in [0.25, 0.3) is 0 Å². The normalized spacial score (nSPS) is 18.2. The molecule has 0 aromatic carbocycles. The molecule has 0 atom stereocenters. The van der Waals surface area contributed by atoms with Gasteiger partial charge in [-0.05, 0) is 0 Å². The van der Waals surface area contributed by atoms with Crippen LogP contribution in [-0.4, -0.2) is 36.4 Å². The Morgan fingerprint density at radius 3 is 2.27 bits per heavy atom. The van der Waals surface area contributed by atoms with Crippen LogP contribution in [0.2, 0.25) is 0 Å². The molecular formula is C8H10F3NO3. The number of amides is 1. The molecule has 0 radical (unpaired) electrons. The maximum Gasteiger partial charge on any atom is 0.471 e. The summed E-state index contributed by atoms with van der Waals surface area (Å²) in [5.41, 5.74) is 0. The second-order valence-electron chi connectivity index (χ2n) is 3.30. The highest BCUT2D eigenvalue weighted by Crippen LogP contribution is 2.23. The Labute approximate surface area is 84.2 Å². The number of carbonyl (C=O) groups excluding carboxylic acids is 1. The van der Waals surface area contributed by atoms with E-state index in [2.05, 4.69) is 0 Å². The fourth-order valence-electron chi connectivity index (χ4n) is 1.16. The van der Waals surface area contributed by atoms with E-state index in [4.69, 9.17) is 9.47 Å². The molecule has 1 rings (SSSR count). The first-order valence-electron chi connectivity index (χ1n) is 4.07. The molecule has 1 heterocycles. The monoisotopic (exact) mass is 225 g/mol. The van der Waals surface area contributed by atoms with Crippen molar-refractivity contribution in [2.45, 2.75) is 18.9 Å². The van der Waals surface area contributed by atoms with Crippen LogP contribution in [0.4, 0.5) is 13.2 Å². The average Bonchev–Trinajstić information content (AvgIpc) is 2.48. The molecule has 0 aromatic heterocycles. The minimum atomic E-state index is -4.88. The lowest BCUT2D eigenvalue weighted by molar-refractivity contribution is -0.194. The van der Waals surface area contributed by atoms with Crippen LogP contribution < -0.4 is 0 Å². The van der Waals surface area contributed by atoms with E-state index in [1.807, 2.05) is 0 Å². The van der Waals surface area contributed by atoms with Crippen LogP contribution >= 0.6 is 0 Å². The predicted octanol–water partition coefficient (Wildman–Crippen LogP) is 1.24. The molecule has 0 bridgehead atoms. The number of nitrogens with zero attached hydrogens (tertiary/aromatic N) is 1. The van der Waals surface area contributed by atoms with Gasteiger partial charge in [-0.2, -0.15) is 13.2 Å². The smallest absolute Gasteiger partial charge is 0.455 e. The van der Waals surface area contributed by atoms with Gasteiger partial charge in [-0.25, -0.2) is 0 Å². The molecule has 0 aliphatic carbocycles. The second-order valence-corrected chi connectivity index (χ2v) is 3.30. The van der Waals surface area contributed by atoms with Gasteiger partial charge in [0.2, 0.25) is 0 Å². The van der Waals surface area contributed by atoms with Gasteiger partial charge in [0.25, 0.3) is 5.79 Å². The Balaban J connectivity index is 2.56. The summed E-state index contributed by atoms with van der Waals surface area (Å²) in [5, 5.41) is 0. The molecule has 0 unspecified atom stereocenters. The van der Waals surface area contributed by atoms with Crippen molar-refractivity contribution < 1.29 is 27.4 Å². The van der Waals surface area contributed by atoms with Gasteiger partial charge in [-0.15, -0.1) is 0 Å². The Morgan fingerprint density at radius 1 is 1.40 bits per heavy atom. The molecule has 1 amide bonds. The van der Waals surface area contributed by atoms with Crippen molar-refractivity contribution in [3.63, 3.8) is 0 Å². The fraction of sp³-hybridized carbons (Fsp3) is 0.625. The van der Waals surface area contributed by atoms with Gasteiger partial charge in [0.05, 0.1) is 6.54 Å². The molecule has 7 heteroatoms. The number of halogens is 3. The third-order valence-electron chi connectivity index (χ3n) is 1.80. The third-order valence-corrected chi connectivity index (χ3v) is 1.80. The van der Waals surface area contributed by atoms with Gasteiger partial charge in [-0.3, -0.25) is 4.79 Å². The van der Waals surface area contributed by atoms with E-state index >= 15 is 0 Å². The largest absolute Gasteiger partial charge is 0.471 e. The summed E-state index contributed by atoms with van der Waals surface area (Å²) < 4.78 is 45.8. The Kier molecular flexibility index (Phi) is 2.83. The van der Waals surface area contributed by atoms with Crippen LogP contribution in [0.1, 0.15) is 6.92 Å². The molecule has 0 N–H and O–H groups in total. The maximum absolute atomic E-state index is 12.0. The van der Waals surface area contributed by atoms with Crippen molar-refractivity contribution in [1.29, 1.82) is 0 Å². The van der Waals surface area contributed by atoms with Gasteiger partial charge in [0.1, 0.15) is 12.5 Å². The molecule has 4 nitrogen and oxygen atoms in total. The lowest BCUT2D eigenvalue weighted by Crippen LogP contribution is -2.47. The highest BCUT2D eigenvalue weighted by Gasteiger charge is 2.44. The molecule has 0 saturated carbocycles. The van der Waals surface area contributed by atoms with Crippen molar-refractivity contribution in [3.8, 4) is 0 Å². The summed E-state index contributed by atoms with van der Waals surface area (Å²) in [6.07, 6.45) is -2.45. The Hall–Kier alpha value is -1.40. The van der Waals surface area contributed by atoms with Gasteiger partial charge in [-0.1, -0.05) is 0 Å². The van der Waals surface area contributed by atoms with E-state index in [0.29, 0.717) is 4.90 Å². The van der Waals surface area contributed by atoms with E-state index in [9.17, 15) is 18.0 Å². The van der Waals surface area contributed by atoms with Crippen LogP contribution in [0, 0.1) is 0 Å². The van der Waals surface area contributed by atoms with Crippen LogP contribution in [0.15, 0.2) is 12.5 Å². The summed E-state index contributed by atoms with van der Waals surface area (Å²) >= 11 is 0. The fourth-order valence-corrected chi connectivity index (χ4v) is 1.16. The van der Waals surface area contributed by atoms with Crippen LogP contribution in [0.3, 0.4) is 0 Å². The minimum absolute atomic E-state index is 0.307. The lowest BCUT2D eigenvalue weighted by Gasteiger charge is -2.28. The number of ether oxygens (including phenoxy) is 2. The lowest BCUT2D eigenvalue weighted by atomic mass is 10.3. The molecule has 0 spiro atoms. The summed E-state index contributed by atoms with van der Waals surface area (Å²) in [6, 6.07) is 0. The van der Waals surface area contributed by atoms with Gasteiger partial charge in [0, 0.05) is 14.0 Å². The number of likely N-dealkylation sites (N-methyl/N-ethyl adjacent to an activating group) is 1. The average molecular weight is 225 g/mol. The second kappa shape index (κ2) is 3.63. The van der Waals surface area contributed by atoms with Crippen molar-refractivity contribution in [3.05, 3.63) is 12.5 Å². The minimum Gasteiger partial charge on any atom is -0.455 e. The van der Waals surface area contributed by atoms with E-state index in [-0.39, 0.29) is 6.54 Å². The number of hydrogen-bond acceptors (Lipinski definition) is 3. The summed E-state index contributed by atoms with van der Waals surface area (Å²) in [4.78, 5) is 11.3. The molecule has 0 fully saturated rings. The zero-order chi connectivity index (χ0) is 11.7. The first kappa shape index (κ1) is 11.7. The SMILES string of the molecule is CN(CC1(C)OC=CO1)C(=O)C(F)(F)F. The van der Waals surface area contributed by atoms with Crippen molar-refractivity contribution in [2.75, 3.05) is 13.6 Å². The Morgan fingerprint density at radius 2 is 1.87 bits per heavy atom. The quantitative estimate of drug-likeness (QED) is 0.709. The zero-order valence-corrected chi connectivity index (χ0v) is 8.17.